The van der Waals surface area contributed by atoms with Gasteiger partial charge in [-0.05, 0) is 34.5 Å². The molecule has 3 heterocycles. The summed E-state index contributed by atoms with van der Waals surface area (Å²) in [5.74, 6) is -0.248. The second-order valence-corrected chi connectivity index (χ2v) is 9.01. The van der Waals surface area contributed by atoms with E-state index in [2.05, 4.69) is 36.2 Å². The van der Waals surface area contributed by atoms with Gasteiger partial charge in [0, 0.05) is 35.4 Å². The van der Waals surface area contributed by atoms with Crippen LogP contribution >= 0.6 is 15.9 Å². The zero-order valence-corrected chi connectivity index (χ0v) is 19.9. The maximum Gasteiger partial charge on any atom is 0.417 e. The highest BCUT2D eigenvalue weighted by Gasteiger charge is 2.42. The first-order valence-corrected chi connectivity index (χ1v) is 11.3. The molecule has 0 spiro atoms. The quantitative estimate of drug-likeness (QED) is 0.394. The van der Waals surface area contributed by atoms with E-state index < -0.39 is 23.2 Å². The number of alkyl halides is 3. The Labute approximate surface area is 206 Å². The molecular weight excluding hydrogens is 531 g/mol. The fourth-order valence-electron chi connectivity index (χ4n) is 4.09. The predicted molar refractivity (Wildman–Crippen MR) is 125 cm³/mol. The summed E-state index contributed by atoms with van der Waals surface area (Å²) in [6.07, 6.45) is -1.45. The Morgan fingerprint density at radius 3 is 2.80 bits per heavy atom. The molecule has 5 N–H and O–H groups in total. The maximum absolute atomic E-state index is 13.7. The molecule has 3 aromatic rings. The van der Waals surface area contributed by atoms with Crippen LogP contribution in [0.1, 0.15) is 24.0 Å². The molecule has 1 aliphatic heterocycles. The molecule has 35 heavy (non-hydrogen) atoms. The van der Waals surface area contributed by atoms with Crippen LogP contribution in [-0.4, -0.2) is 50.6 Å². The van der Waals surface area contributed by atoms with E-state index in [1.54, 1.807) is 9.47 Å². The van der Waals surface area contributed by atoms with Gasteiger partial charge in [-0.3, -0.25) is 4.79 Å². The SMILES string of the molecule is N#CCCNC(=O)[C@@]1(N)CCN(c2ccc(C(F)(F)F)c(Br)c2Cn2cnc3c(N)ncnc32)C1. The number of hydrogen-bond donors (Lipinski definition) is 3. The van der Waals surface area contributed by atoms with Gasteiger partial charge in [-0.1, -0.05) is 0 Å². The van der Waals surface area contributed by atoms with Gasteiger partial charge in [0.05, 0.1) is 30.9 Å². The zero-order valence-electron chi connectivity index (χ0n) is 18.3. The number of nitrogen functional groups attached to an aromatic ring is 1. The lowest BCUT2D eigenvalue weighted by Gasteiger charge is -2.27. The van der Waals surface area contributed by atoms with Crippen LogP contribution in [0.2, 0.25) is 0 Å². The van der Waals surface area contributed by atoms with Crippen LogP contribution in [-0.2, 0) is 17.5 Å². The fraction of sp³-hybridized carbons (Fsp3) is 0.381. The van der Waals surface area contributed by atoms with E-state index in [9.17, 15) is 18.0 Å². The number of halogens is 4. The van der Waals surface area contributed by atoms with E-state index in [1.807, 2.05) is 6.07 Å². The van der Waals surface area contributed by atoms with Crippen molar-refractivity contribution >= 4 is 44.5 Å². The van der Waals surface area contributed by atoms with E-state index in [-0.39, 0.29) is 36.3 Å². The second kappa shape index (κ2) is 9.31. The first kappa shape index (κ1) is 24.7. The van der Waals surface area contributed by atoms with Crippen molar-refractivity contribution in [1.82, 2.24) is 24.8 Å². The minimum Gasteiger partial charge on any atom is -0.382 e. The molecule has 184 valence electrons. The summed E-state index contributed by atoms with van der Waals surface area (Å²) in [6, 6.07) is 4.32. The molecule has 2 aromatic heterocycles. The molecule has 0 bridgehead atoms. The average Bonchev–Trinajstić information content (AvgIpc) is 3.40. The van der Waals surface area contributed by atoms with Crippen molar-refractivity contribution < 1.29 is 18.0 Å². The minimum absolute atomic E-state index is 0.00473. The Balaban J connectivity index is 1.71. The van der Waals surface area contributed by atoms with Crippen molar-refractivity contribution in [2.45, 2.75) is 31.1 Å². The molecule has 14 heteroatoms. The molecule has 0 saturated carbocycles. The largest absolute Gasteiger partial charge is 0.417 e. The third kappa shape index (κ3) is 4.73. The molecule has 1 fully saturated rings. The number of aromatic nitrogens is 4. The Morgan fingerprint density at radius 1 is 1.31 bits per heavy atom. The normalized spacial score (nSPS) is 18.1. The molecule has 0 aliphatic carbocycles. The lowest BCUT2D eigenvalue weighted by molar-refractivity contribution is -0.138. The number of amides is 1. The lowest BCUT2D eigenvalue weighted by atomic mass is 9.99. The highest BCUT2D eigenvalue weighted by atomic mass is 79.9. The van der Waals surface area contributed by atoms with Gasteiger partial charge in [0.25, 0.3) is 0 Å². The van der Waals surface area contributed by atoms with Crippen LogP contribution in [0.5, 0.6) is 0 Å². The van der Waals surface area contributed by atoms with Crippen LogP contribution in [0.15, 0.2) is 29.3 Å². The van der Waals surface area contributed by atoms with Crippen LogP contribution in [0, 0.1) is 11.3 Å². The van der Waals surface area contributed by atoms with Crippen LogP contribution in [0.3, 0.4) is 0 Å². The molecule has 1 atom stereocenters. The highest BCUT2D eigenvalue weighted by Crippen LogP contribution is 2.41. The summed E-state index contributed by atoms with van der Waals surface area (Å²) in [4.78, 5) is 26.7. The fourth-order valence-corrected chi connectivity index (χ4v) is 4.78. The Morgan fingerprint density at radius 2 is 2.09 bits per heavy atom. The number of fused-ring (bicyclic) bond motifs is 1. The number of nitrogens with two attached hydrogens (primary N) is 2. The minimum atomic E-state index is -4.58. The smallest absolute Gasteiger partial charge is 0.382 e. The van der Waals surface area contributed by atoms with E-state index in [1.165, 1.54) is 18.7 Å². The molecule has 0 radical (unpaired) electrons. The topological polar surface area (TPSA) is 152 Å². The summed E-state index contributed by atoms with van der Waals surface area (Å²) < 4.78 is 42.6. The van der Waals surface area contributed by atoms with Crippen molar-refractivity contribution in [1.29, 1.82) is 5.26 Å². The van der Waals surface area contributed by atoms with Gasteiger partial charge >= 0.3 is 6.18 Å². The first-order chi connectivity index (χ1) is 16.5. The Kier molecular flexibility index (Phi) is 6.56. The number of nitriles is 1. The third-order valence-electron chi connectivity index (χ3n) is 5.90. The number of benzene rings is 1. The second-order valence-electron chi connectivity index (χ2n) is 8.22. The molecule has 1 saturated heterocycles. The van der Waals surface area contributed by atoms with Gasteiger partial charge in [0.2, 0.25) is 5.91 Å². The van der Waals surface area contributed by atoms with Gasteiger partial charge in [-0.2, -0.15) is 18.4 Å². The third-order valence-corrected chi connectivity index (χ3v) is 6.80. The van der Waals surface area contributed by atoms with Crippen molar-refractivity contribution in [3.8, 4) is 6.07 Å². The number of hydrogen-bond acceptors (Lipinski definition) is 8. The molecule has 4 rings (SSSR count). The number of imidazole rings is 1. The molecule has 1 aliphatic rings. The van der Waals surface area contributed by atoms with E-state index in [0.29, 0.717) is 35.4 Å². The van der Waals surface area contributed by atoms with Crippen molar-refractivity contribution in [2.75, 3.05) is 30.3 Å². The number of anilines is 2. The average molecular weight is 552 g/mol. The van der Waals surface area contributed by atoms with Gasteiger partial charge in [0.15, 0.2) is 11.5 Å². The molecular formula is C21H21BrF3N9O. The van der Waals surface area contributed by atoms with E-state index in [0.717, 1.165) is 6.07 Å². The van der Waals surface area contributed by atoms with Gasteiger partial charge in [-0.25, -0.2) is 15.0 Å². The molecule has 10 nitrogen and oxygen atoms in total. The molecule has 1 aromatic carbocycles. The number of nitrogens with zero attached hydrogens (tertiary/aromatic N) is 6. The Hall–Kier alpha value is -3.44. The number of carbonyl (C=O) groups is 1. The summed E-state index contributed by atoms with van der Waals surface area (Å²) in [5, 5.41) is 11.3. The Bertz CT molecular complexity index is 1320. The predicted octanol–water partition coefficient (Wildman–Crippen LogP) is 2.18. The summed E-state index contributed by atoms with van der Waals surface area (Å²) in [6.45, 7) is 0.613. The zero-order chi connectivity index (χ0) is 25.4. The van der Waals surface area contributed by atoms with E-state index in [4.69, 9.17) is 16.7 Å². The first-order valence-electron chi connectivity index (χ1n) is 10.5. The van der Waals surface area contributed by atoms with Crippen molar-refractivity contribution in [3.05, 3.63) is 40.4 Å². The number of rotatable bonds is 6. The lowest BCUT2D eigenvalue weighted by Crippen LogP contribution is -2.55. The summed E-state index contributed by atoms with van der Waals surface area (Å²) >= 11 is 3.16. The van der Waals surface area contributed by atoms with Gasteiger partial charge in [0.1, 0.15) is 17.4 Å². The van der Waals surface area contributed by atoms with Crippen LogP contribution < -0.4 is 21.7 Å². The molecule has 0 unspecified atom stereocenters. The van der Waals surface area contributed by atoms with Gasteiger partial charge in [-0.15, -0.1) is 0 Å². The number of nitrogens with one attached hydrogen (secondary N) is 1. The summed E-state index contributed by atoms with van der Waals surface area (Å²) in [7, 11) is 0. The maximum atomic E-state index is 13.7. The standard InChI is InChI=1S/C21H21BrF3N9O/c22-15-12(8-34-11-32-16-17(27)30-10-31-18(16)34)14(3-2-13(15)21(23,24)25)33-7-4-20(28,9-33)19(35)29-6-1-5-26/h2-3,10-11H,1,4,6-9,28H2,(H,29,35)(H2,27,30,31)/t20-/m1/s1. The molecule has 1 amide bonds. The number of carbonyl (C=O) groups excluding carboxylic acids is 1. The highest BCUT2D eigenvalue weighted by molar-refractivity contribution is 9.10. The van der Waals surface area contributed by atoms with Crippen molar-refractivity contribution in [2.24, 2.45) is 5.73 Å². The van der Waals surface area contributed by atoms with Crippen LogP contribution in [0.25, 0.3) is 11.2 Å². The summed E-state index contributed by atoms with van der Waals surface area (Å²) in [5.41, 5.74) is 11.7. The van der Waals surface area contributed by atoms with Crippen LogP contribution in [0.4, 0.5) is 24.7 Å². The van der Waals surface area contributed by atoms with Gasteiger partial charge < -0.3 is 26.3 Å². The van der Waals surface area contributed by atoms with E-state index >= 15 is 0 Å². The van der Waals surface area contributed by atoms with Crippen molar-refractivity contribution in [3.63, 3.8) is 0 Å². The monoisotopic (exact) mass is 551 g/mol.